The molecule has 1 heterocycles. The summed E-state index contributed by atoms with van der Waals surface area (Å²) in [4.78, 5) is 14.1. The van der Waals surface area contributed by atoms with Crippen molar-refractivity contribution in [2.24, 2.45) is 0 Å². The number of carbonyl (C=O) groups is 1. The highest BCUT2D eigenvalue weighted by atomic mass is 16.2. The van der Waals surface area contributed by atoms with E-state index < -0.39 is 0 Å². The van der Waals surface area contributed by atoms with Crippen LogP contribution in [0.25, 0.3) is 0 Å². The Morgan fingerprint density at radius 3 is 2.52 bits per heavy atom. The Bertz CT molecular complexity index is 885. The van der Waals surface area contributed by atoms with Crippen molar-refractivity contribution in [2.75, 3.05) is 7.05 Å². The van der Waals surface area contributed by atoms with Crippen molar-refractivity contribution in [1.29, 1.82) is 0 Å². The van der Waals surface area contributed by atoms with Crippen molar-refractivity contribution < 1.29 is 4.79 Å². The van der Waals surface area contributed by atoms with Gasteiger partial charge in [0, 0.05) is 32.5 Å². The second-order valence-corrected chi connectivity index (χ2v) is 6.96. The van der Waals surface area contributed by atoms with Crippen LogP contribution in [0.4, 0.5) is 4.79 Å². The summed E-state index contributed by atoms with van der Waals surface area (Å²) in [6.07, 6.45) is 3.72. The van der Waals surface area contributed by atoms with Crippen molar-refractivity contribution in [1.82, 2.24) is 20.0 Å². The molecule has 0 atom stereocenters. The minimum Gasteiger partial charge on any atom is -0.334 e. The van der Waals surface area contributed by atoms with Gasteiger partial charge in [-0.25, -0.2) is 4.79 Å². The minimum absolute atomic E-state index is 0.0735. The molecule has 2 amide bonds. The molecular formula is C22H26N4O. The summed E-state index contributed by atoms with van der Waals surface area (Å²) in [6.45, 7) is 6.02. The lowest BCUT2D eigenvalue weighted by Gasteiger charge is -2.19. The van der Waals surface area contributed by atoms with Crippen LogP contribution < -0.4 is 5.32 Å². The zero-order valence-corrected chi connectivity index (χ0v) is 16.1. The number of benzene rings is 2. The number of nitrogens with one attached hydrogen (secondary N) is 1. The van der Waals surface area contributed by atoms with Crippen LogP contribution >= 0.6 is 0 Å². The van der Waals surface area contributed by atoms with Crippen LogP contribution in [0.15, 0.2) is 60.9 Å². The second kappa shape index (κ2) is 8.54. The van der Waals surface area contributed by atoms with E-state index in [1.165, 1.54) is 22.3 Å². The zero-order chi connectivity index (χ0) is 19.2. The van der Waals surface area contributed by atoms with E-state index in [1.807, 2.05) is 36.1 Å². The maximum absolute atomic E-state index is 12.4. The molecule has 0 aliphatic heterocycles. The van der Waals surface area contributed by atoms with Crippen LogP contribution in [0.1, 0.15) is 27.8 Å². The van der Waals surface area contributed by atoms with Crippen LogP contribution in [0.3, 0.4) is 0 Å². The van der Waals surface area contributed by atoms with E-state index >= 15 is 0 Å². The maximum atomic E-state index is 12.4. The summed E-state index contributed by atoms with van der Waals surface area (Å²) in [5, 5.41) is 7.20. The molecule has 1 N–H and O–H groups in total. The van der Waals surface area contributed by atoms with Gasteiger partial charge in [-0.2, -0.15) is 5.10 Å². The SMILES string of the molecule is Cc1ccc(CN(C)C(=O)NCc2ccc(Cn3cccn3)cc2)c(C)c1. The molecule has 3 rings (SSSR count). The predicted octanol–water partition coefficient (Wildman–Crippen LogP) is 3.89. The fraction of sp³-hybridized carbons (Fsp3) is 0.273. The lowest BCUT2D eigenvalue weighted by Crippen LogP contribution is -2.36. The first-order valence-electron chi connectivity index (χ1n) is 9.11. The summed E-state index contributed by atoms with van der Waals surface area (Å²) in [7, 11) is 1.82. The van der Waals surface area contributed by atoms with Gasteiger partial charge in [-0.1, -0.05) is 48.0 Å². The molecular weight excluding hydrogens is 336 g/mol. The Morgan fingerprint density at radius 1 is 1.11 bits per heavy atom. The highest BCUT2D eigenvalue weighted by Gasteiger charge is 2.10. The molecule has 27 heavy (non-hydrogen) atoms. The lowest BCUT2D eigenvalue weighted by molar-refractivity contribution is 0.206. The molecule has 1 aromatic heterocycles. The number of carbonyl (C=O) groups excluding carboxylic acids is 1. The van der Waals surface area contributed by atoms with Crippen molar-refractivity contribution in [3.8, 4) is 0 Å². The summed E-state index contributed by atoms with van der Waals surface area (Å²) in [5.41, 5.74) is 5.87. The van der Waals surface area contributed by atoms with Crippen molar-refractivity contribution in [3.05, 3.63) is 88.7 Å². The minimum atomic E-state index is -0.0735. The second-order valence-electron chi connectivity index (χ2n) is 6.96. The van der Waals surface area contributed by atoms with E-state index in [2.05, 4.69) is 54.6 Å². The van der Waals surface area contributed by atoms with Crippen molar-refractivity contribution in [2.45, 2.75) is 33.5 Å². The third-order valence-electron chi connectivity index (χ3n) is 4.62. The van der Waals surface area contributed by atoms with E-state index in [0.717, 1.165) is 12.1 Å². The molecule has 0 saturated heterocycles. The third kappa shape index (κ3) is 5.20. The van der Waals surface area contributed by atoms with Crippen LogP contribution in [-0.4, -0.2) is 27.8 Å². The van der Waals surface area contributed by atoms with Crippen molar-refractivity contribution >= 4 is 6.03 Å². The fourth-order valence-electron chi connectivity index (χ4n) is 3.01. The molecule has 3 aromatic rings. The summed E-state index contributed by atoms with van der Waals surface area (Å²) in [5.74, 6) is 0. The van der Waals surface area contributed by atoms with Gasteiger partial charge < -0.3 is 10.2 Å². The number of rotatable bonds is 6. The van der Waals surface area contributed by atoms with Crippen LogP contribution in [-0.2, 0) is 19.6 Å². The Balaban J connectivity index is 1.50. The van der Waals surface area contributed by atoms with Gasteiger partial charge in [-0.3, -0.25) is 4.68 Å². The molecule has 140 valence electrons. The molecule has 0 fully saturated rings. The van der Waals surface area contributed by atoms with Gasteiger partial charge in [0.2, 0.25) is 0 Å². The van der Waals surface area contributed by atoms with Crippen LogP contribution in [0, 0.1) is 13.8 Å². The number of amides is 2. The van der Waals surface area contributed by atoms with E-state index in [1.54, 1.807) is 11.1 Å². The molecule has 0 saturated carbocycles. The maximum Gasteiger partial charge on any atom is 0.317 e. The zero-order valence-electron chi connectivity index (χ0n) is 16.1. The molecule has 5 heteroatoms. The smallest absolute Gasteiger partial charge is 0.317 e. The highest BCUT2D eigenvalue weighted by Crippen LogP contribution is 2.13. The Morgan fingerprint density at radius 2 is 1.85 bits per heavy atom. The van der Waals surface area contributed by atoms with Gasteiger partial charge in [0.05, 0.1) is 6.54 Å². The van der Waals surface area contributed by atoms with Gasteiger partial charge in [-0.15, -0.1) is 0 Å². The van der Waals surface area contributed by atoms with E-state index in [-0.39, 0.29) is 6.03 Å². The van der Waals surface area contributed by atoms with Gasteiger partial charge in [0.1, 0.15) is 0 Å². The monoisotopic (exact) mass is 362 g/mol. The van der Waals surface area contributed by atoms with E-state index in [9.17, 15) is 4.79 Å². The van der Waals surface area contributed by atoms with Gasteiger partial charge in [0.15, 0.2) is 0 Å². The van der Waals surface area contributed by atoms with E-state index in [4.69, 9.17) is 0 Å². The first kappa shape index (κ1) is 18.7. The number of hydrogen-bond donors (Lipinski definition) is 1. The quantitative estimate of drug-likeness (QED) is 0.723. The average molecular weight is 362 g/mol. The molecule has 0 unspecified atom stereocenters. The normalized spacial score (nSPS) is 10.6. The molecule has 2 aromatic carbocycles. The first-order chi connectivity index (χ1) is 13.0. The summed E-state index contributed by atoms with van der Waals surface area (Å²) in [6, 6.07) is 16.4. The highest BCUT2D eigenvalue weighted by molar-refractivity contribution is 5.73. The van der Waals surface area contributed by atoms with Gasteiger partial charge in [-0.05, 0) is 42.2 Å². The number of hydrogen-bond acceptors (Lipinski definition) is 2. The Kier molecular flexibility index (Phi) is 5.91. The van der Waals surface area contributed by atoms with E-state index in [0.29, 0.717) is 13.1 Å². The number of urea groups is 1. The number of nitrogens with zero attached hydrogens (tertiary/aromatic N) is 3. The topological polar surface area (TPSA) is 50.2 Å². The average Bonchev–Trinajstić information content (AvgIpc) is 3.16. The van der Waals surface area contributed by atoms with Crippen LogP contribution in [0.5, 0.6) is 0 Å². The largest absolute Gasteiger partial charge is 0.334 e. The number of aryl methyl sites for hydroxylation is 2. The molecule has 5 nitrogen and oxygen atoms in total. The third-order valence-corrected chi connectivity index (χ3v) is 4.62. The van der Waals surface area contributed by atoms with Gasteiger partial charge >= 0.3 is 6.03 Å². The first-order valence-corrected chi connectivity index (χ1v) is 9.11. The Hall–Kier alpha value is -3.08. The predicted molar refractivity (Wildman–Crippen MR) is 107 cm³/mol. The number of aromatic nitrogens is 2. The molecule has 0 bridgehead atoms. The molecule has 0 aliphatic carbocycles. The summed E-state index contributed by atoms with van der Waals surface area (Å²) >= 11 is 0. The van der Waals surface area contributed by atoms with Crippen LogP contribution in [0.2, 0.25) is 0 Å². The fourth-order valence-corrected chi connectivity index (χ4v) is 3.01. The summed E-state index contributed by atoms with van der Waals surface area (Å²) < 4.78 is 1.89. The lowest BCUT2D eigenvalue weighted by atomic mass is 10.1. The van der Waals surface area contributed by atoms with Gasteiger partial charge in [0.25, 0.3) is 0 Å². The standard InChI is InChI=1S/C22H26N4O/c1-17-5-10-21(18(2)13-17)16-25(3)22(27)23-14-19-6-8-20(9-7-19)15-26-12-4-11-24-26/h4-13H,14-16H2,1-3H3,(H,23,27). The molecule has 0 aliphatic rings. The molecule has 0 radical (unpaired) electrons. The van der Waals surface area contributed by atoms with Crippen molar-refractivity contribution in [3.63, 3.8) is 0 Å². The Labute approximate surface area is 160 Å². The molecule has 0 spiro atoms.